The summed E-state index contributed by atoms with van der Waals surface area (Å²) in [6, 6.07) is 2.93. The molecule has 0 spiro atoms. The molecule has 214 valence electrons. The van der Waals surface area contributed by atoms with Gasteiger partial charge >= 0.3 is 6.09 Å². The van der Waals surface area contributed by atoms with Crippen LogP contribution in [0.25, 0.3) is 0 Å². The van der Waals surface area contributed by atoms with Crippen LogP contribution in [0, 0.1) is 19.8 Å². The maximum Gasteiger partial charge on any atom is 0.408 e. The van der Waals surface area contributed by atoms with Crippen molar-refractivity contribution in [3.8, 4) is 0 Å². The van der Waals surface area contributed by atoms with Gasteiger partial charge in [0.25, 0.3) is 0 Å². The van der Waals surface area contributed by atoms with Gasteiger partial charge in [-0.2, -0.15) is 0 Å². The fraction of sp³-hybridized carbons (Fsp3) is 0.655. The normalized spacial score (nSPS) is 14.0. The van der Waals surface area contributed by atoms with E-state index in [0.717, 1.165) is 17.5 Å². The number of nitrogens with one attached hydrogen (secondary N) is 2. The average Bonchev–Trinajstić information content (AvgIpc) is 2.74. The predicted molar refractivity (Wildman–Crippen MR) is 149 cm³/mol. The van der Waals surface area contributed by atoms with E-state index in [0.29, 0.717) is 17.9 Å². The summed E-state index contributed by atoms with van der Waals surface area (Å²) < 4.78 is 5.35. The standard InChI is InChI=1S/C29H48N4O5/c1-17(2)11-14-21(7)33(27(36)23(16-24(30)34)32-28(37)38-29(8,9)10)25(26(35)31-18(3)4)22-15-19(5)12-13-20(22)6/h12-13,15,17-18,21,23,25H,11,14,16H2,1-10H3,(H2,30,34)(H,31,35)(H,32,37). The fourth-order valence-corrected chi connectivity index (χ4v) is 4.18. The third-order valence-corrected chi connectivity index (χ3v) is 5.97. The third kappa shape index (κ3) is 10.7. The van der Waals surface area contributed by atoms with Gasteiger partial charge in [0.05, 0.1) is 6.42 Å². The van der Waals surface area contributed by atoms with Crippen molar-refractivity contribution in [2.24, 2.45) is 11.7 Å². The Labute approximate surface area is 228 Å². The van der Waals surface area contributed by atoms with Crippen molar-refractivity contribution in [3.63, 3.8) is 0 Å². The molecule has 0 aliphatic carbocycles. The molecule has 1 aromatic carbocycles. The molecule has 9 nitrogen and oxygen atoms in total. The lowest BCUT2D eigenvalue weighted by molar-refractivity contribution is -0.146. The number of rotatable bonds is 12. The predicted octanol–water partition coefficient (Wildman–Crippen LogP) is 4.29. The maximum atomic E-state index is 14.2. The van der Waals surface area contributed by atoms with E-state index >= 15 is 0 Å². The van der Waals surface area contributed by atoms with Crippen LogP contribution in [-0.2, 0) is 19.1 Å². The minimum atomic E-state index is -1.30. The van der Waals surface area contributed by atoms with E-state index in [-0.39, 0.29) is 18.0 Å². The molecule has 0 aliphatic rings. The Bertz CT molecular complexity index is 984. The smallest absolute Gasteiger partial charge is 0.408 e. The van der Waals surface area contributed by atoms with Gasteiger partial charge in [0.15, 0.2) is 0 Å². The van der Waals surface area contributed by atoms with Crippen molar-refractivity contribution in [2.45, 2.75) is 118 Å². The number of nitrogens with zero attached hydrogens (tertiary/aromatic N) is 1. The van der Waals surface area contributed by atoms with E-state index in [4.69, 9.17) is 10.5 Å². The summed E-state index contributed by atoms with van der Waals surface area (Å²) in [5, 5.41) is 5.49. The summed E-state index contributed by atoms with van der Waals surface area (Å²) in [6.07, 6.45) is 0.157. The zero-order valence-electron chi connectivity index (χ0n) is 24.8. The molecular formula is C29H48N4O5. The second kappa shape index (κ2) is 14.2. The van der Waals surface area contributed by atoms with Gasteiger partial charge in [0.2, 0.25) is 17.7 Å². The fourth-order valence-electron chi connectivity index (χ4n) is 4.18. The Morgan fingerprint density at radius 3 is 2.08 bits per heavy atom. The van der Waals surface area contributed by atoms with Crippen molar-refractivity contribution in [1.82, 2.24) is 15.5 Å². The number of carbonyl (C=O) groups is 4. The van der Waals surface area contributed by atoms with Gasteiger partial charge in [-0.05, 0) is 85.3 Å². The summed E-state index contributed by atoms with van der Waals surface area (Å²) in [4.78, 5) is 54.1. The summed E-state index contributed by atoms with van der Waals surface area (Å²) in [7, 11) is 0. The minimum absolute atomic E-state index is 0.167. The molecule has 0 saturated heterocycles. The lowest BCUT2D eigenvalue weighted by Crippen LogP contribution is -2.56. The summed E-state index contributed by atoms with van der Waals surface area (Å²) in [5.74, 6) is -1.30. The third-order valence-electron chi connectivity index (χ3n) is 5.97. The number of primary amides is 1. The Morgan fingerprint density at radius 1 is 0.974 bits per heavy atom. The highest BCUT2D eigenvalue weighted by molar-refractivity contribution is 5.95. The molecule has 3 unspecified atom stereocenters. The summed E-state index contributed by atoms with van der Waals surface area (Å²) >= 11 is 0. The molecule has 4 amide bonds. The second-order valence-electron chi connectivity index (χ2n) is 11.9. The Morgan fingerprint density at radius 2 is 1.58 bits per heavy atom. The van der Waals surface area contributed by atoms with Gasteiger partial charge in [-0.25, -0.2) is 4.79 Å². The zero-order chi connectivity index (χ0) is 29.4. The quantitative estimate of drug-likeness (QED) is 0.370. The number of amides is 4. The van der Waals surface area contributed by atoms with Crippen LogP contribution >= 0.6 is 0 Å². The van der Waals surface area contributed by atoms with Gasteiger partial charge in [0, 0.05) is 12.1 Å². The summed E-state index contributed by atoms with van der Waals surface area (Å²) in [6.45, 7) is 18.7. The van der Waals surface area contributed by atoms with Gasteiger partial charge in [-0.3, -0.25) is 14.4 Å². The number of hydrogen-bond donors (Lipinski definition) is 3. The lowest BCUT2D eigenvalue weighted by Gasteiger charge is -2.39. The first-order chi connectivity index (χ1) is 17.4. The first-order valence-electron chi connectivity index (χ1n) is 13.4. The van der Waals surface area contributed by atoms with Crippen molar-refractivity contribution < 1.29 is 23.9 Å². The first-order valence-corrected chi connectivity index (χ1v) is 13.4. The van der Waals surface area contributed by atoms with Crippen LogP contribution < -0.4 is 16.4 Å². The monoisotopic (exact) mass is 532 g/mol. The van der Waals surface area contributed by atoms with Crippen LogP contribution in [0.1, 0.15) is 97.4 Å². The topological polar surface area (TPSA) is 131 Å². The van der Waals surface area contributed by atoms with Gasteiger partial charge in [0.1, 0.15) is 17.7 Å². The second-order valence-corrected chi connectivity index (χ2v) is 11.9. The maximum absolute atomic E-state index is 14.2. The molecule has 0 aliphatic heterocycles. The average molecular weight is 533 g/mol. The molecule has 3 atom stereocenters. The molecule has 0 aromatic heterocycles. The molecule has 0 fully saturated rings. The van der Waals surface area contributed by atoms with Gasteiger partial charge in [-0.15, -0.1) is 0 Å². The van der Waals surface area contributed by atoms with Gasteiger partial charge in [-0.1, -0.05) is 37.6 Å². The zero-order valence-corrected chi connectivity index (χ0v) is 24.8. The SMILES string of the molecule is Cc1ccc(C)c(C(C(=O)NC(C)C)N(C(=O)C(CC(N)=O)NC(=O)OC(C)(C)C)C(C)CCC(C)C)c1. The highest BCUT2D eigenvalue weighted by Crippen LogP contribution is 2.30. The van der Waals surface area contributed by atoms with Crippen LogP contribution in [0.4, 0.5) is 4.79 Å². The molecule has 1 rings (SSSR count). The number of ether oxygens (including phenoxy) is 1. The number of hydrogen-bond acceptors (Lipinski definition) is 5. The first kappa shape index (κ1) is 32.9. The van der Waals surface area contributed by atoms with E-state index < -0.39 is 42.0 Å². The van der Waals surface area contributed by atoms with Crippen LogP contribution in [0.2, 0.25) is 0 Å². The number of benzene rings is 1. The molecular weight excluding hydrogens is 484 g/mol. The van der Waals surface area contributed by atoms with Crippen molar-refractivity contribution >= 4 is 23.8 Å². The number of aryl methyl sites for hydroxylation is 2. The molecule has 9 heteroatoms. The lowest BCUT2D eigenvalue weighted by atomic mass is 9.93. The van der Waals surface area contributed by atoms with Crippen molar-refractivity contribution in [2.75, 3.05) is 0 Å². The van der Waals surface area contributed by atoms with Crippen molar-refractivity contribution in [3.05, 3.63) is 34.9 Å². The molecule has 0 bridgehead atoms. The number of carbonyl (C=O) groups excluding carboxylic acids is 4. The molecule has 0 radical (unpaired) electrons. The van der Waals surface area contributed by atoms with Crippen LogP contribution in [0.3, 0.4) is 0 Å². The number of nitrogens with two attached hydrogens (primary N) is 1. The van der Waals surface area contributed by atoms with Crippen LogP contribution in [-0.4, -0.2) is 52.4 Å². The minimum Gasteiger partial charge on any atom is -0.444 e. The van der Waals surface area contributed by atoms with Crippen LogP contribution in [0.5, 0.6) is 0 Å². The highest BCUT2D eigenvalue weighted by Gasteiger charge is 2.40. The highest BCUT2D eigenvalue weighted by atomic mass is 16.6. The van der Waals surface area contributed by atoms with Crippen LogP contribution in [0.15, 0.2) is 18.2 Å². The van der Waals surface area contributed by atoms with E-state index in [1.165, 1.54) is 4.90 Å². The Hall–Kier alpha value is -3.10. The molecule has 0 saturated carbocycles. The summed E-state index contributed by atoms with van der Waals surface area (Å²) in [5.41, 5.74) is 7.14. The van der Waals surface area contributed by atoms with E-state index in [9.17, 15) is 19.2 Å². The van der Waals surface area contributed by atoms with Crippen molar-refractivity contribution in [1.29, 1.82) is 0 Å². The Kier molecular flexibility index (Phi) is 12.3. The molecule has 1 aromatic rings. The van der Waals surface area contributed by atoms with Gasteiger partial charge < -0.3 is 26.0 Å². The van der Waals surface area contributed by atoms with E-state index in [1.54, 1.807) is 20.8 Å². The molecule has 4 N–H and O–H groups in total. The molecule has 0 heterocycles. The van der Waals surface area contributed by atoms with E-state index in [2.05, 4.69) is 24.5 Å². The number of alkyl carbamates (subject to hydrolysis) is 1. The Balaban J connectivity index is 3.71. The molecule has 38 heavy (non-hydrogen) atoms. The van der Waals surface area contributed by atoms with E-state index in [1.807, 2.05) is 52.8 Å². The largest absolute Gasteiger partial charge is 0.444 e.